The summed E-state index contributed by atoms with van der Waals surface area (Å²) in [7, 11) is 3.05. The summed E-state index contributed by atoms with van der Waals surface area (Å²) in [5.74, 6) is 1.46. The van der Waals surface area contributed by atoms with E-state index < -0.39 is 6.04 Å². The zero-order valence-corrected chi connectivity index (χ0v) is 20.8. The molecule has 0 saturated carbocycles. The highest BCUT2D eigenvalue weighted by molar-refractivity contribution is 7.98. The van der Waals surface area contributed by atoms with Crippen LogP contribution in [0.3, 0.4) is 0 Å². The smallest absolute Gasteiger partial charge is 0.255 e. The molecule has 0 saturated heterocycles. The number of aromatic nitrogens is 1. The molecule has 1 unspecified atom stereocenters. The van der Waals surface area contributed by atoms with Gasteiger partial charge in [-0.05, 0) is 48.8 Å². The number of thioether (sulfide) groups is 1. The second-order valence-corrected chi connectivity index (χ2v) is 8.50. The van der Waals surface area contributed by atoms with Gasteiger partial charge in [0.05, 0.1) is 19.8 Å². The average Bonchev–Trinajstić information content (AvgIpc) is 2.90. The van der Waals surface area contributed by atoms with Gasteiger partial charge < -0.3 is 24.8 Å². The Kier molecular flexibility index (Phi) is 9.80. The van der Waals surface area contributed by atoms with Crippen molar-refractivity contribution in [1.82, 2.24) is 10.3 Å². The first kappa shape index (κ1) is 25.9. The van der Waals surface area contributed by atoms with E-state index in [0.717, 1.165) is 5.56 Å². The lowest BCUT2D eigenvalue weighted by atomic mass is 10.1. The minimum atomic E-state index is -0.735. The average molecular weight is 496 g/mol. The fourth-order valence-corrected chi connectivity index (χ4v) is 3.79. The quantitative estimate of drug-likeness (QED) is 0.389. The van der Waals surface area contributed by atoms with Gasteiger partial charge in [-0.2, -0.15) is 11.8 Å². The molecule has 184 valence electrons. The number of rotatable bonds is 12. The van der Waals surface area contributed by atoms with Gasteiger partial charge in [0.1, 0.15) is 18.4 Å². The molecule has 1 atom stereocenters. The number of nitrogens with one attached hydrogen (secondary N) is 2. The molecule has 0 fully saturated rings. The summed E-state index contributed by atoms with van der Waals surface area (Å²) in [6.07, 6.45) is 5.83. The maximum Gasteiger partial charge on any atom is 0.255 e. The highest BCUT2D eigenvalue weighted by atomic mass is 32.2. The summed E-state index contributed by atoms with van der Waals surface area (Å²) in [4.78, 5) is 30.1. The normalized spacial score (nSPS) is 11.3. The lowest BCUT2D eigenvalue weighted by molar-refractivity contribution is -0.118. The van der Waals surface area contributed by atoms with Crippen molar-refractivity contribution in [1.29, 1.82) is 0 Å². The molecule has 2 amide bonds. The minimum Gasteiger partial charge on any atom is -0.496 e. The molecular weight excluding hydrogens is 466 g/mol. The van der Waals surface area contributed by atoms with Gasteiger partial charge in [0.25, 0.3) is 5.91 Å². The number of para-hydroxylation sites is 1. The number of pyridine rings is 1. The van der Waals surface area contributed by atoms with Crippen LogP contribution in [0.5, 0.6) is 17.2 Å². The highest BCUT2D eigenvalue weighted by Crippen LogP contribution is 2.31. The number of ether oxygens (including phenoxy) is 3. The molecular formula is C26H29N3O5S. The van der Waals surface area contributed by atoms with Crippen LogP contribution in [0.2, 0.25) is 0 Å². The van der Waals surface area contributed by atoms with Crippen molar-refractivity contribution in [3.63, 3.8) is 0 Å². The molecule has 3 aromatic rings. The van der Waals surface area contributed by atoms with Crippen LogP contribution in [0.4, 0.5) is 5.69 Å². The molecule has 9 heteroatoms. The maximum absolute atomic E-state index is 13.1. The molecule has 1 aromatic heterocycles. The van der Waals surface area contributed by atoms with Crippen LogP contribution >= 0.6 is 11.8 Å². The second kappa shape index (κ2) is 13.2. The number of carbonyl (C=O) groups excluding carboxylic acids is 2. The van der Waals surface area contributed by atoms with Crippen molar-refractivity contribution < 1.29 is 23.8 Å². The fraction of sp³-hybridized carbons (Fsp3) is 0.269. The summed E-state index contributed by atoms with van der Waals surface area (Å²) < 4.78 is 16.6. The van der Waals surface area contributed by atoms with E-state index in [-0.39, 0.29) is 11.8 Å². The lowest BCUT2D eigenvalue weighted by Crippen LogP contribution is -2.44. The van der Waals surface area contributed by atoms with E-state index in [1.165, 1.54) is 7.11 Å². The van der Waals surface area contributed by atoms with Gasteiger partial charge in [0, 0.05) is 29.7 Å². The number of anilines is 1. The van der Waals surface area contributed by atoms with Gasteiger partial charge >= 0.3 is 0 Å². The molecule has 0 bridgehead atoms. The van der Waals surface area contributed by atoms with Crippen molar-refractivity contribution >= 4 is 29.3 Å². The van der Waals surface area contributed by atoms with E-state index in [2.05, 4.69) is 15.6 Å². The first-order valence-electron chi connectivity index (χ1n) is 11.0. The van der Waals surface area contributed by atoms with Crippen LogP contribution < -0.4 is 24.8 Å². The van der Waals surface area contributed by atoms with Crippen LogP contribution in [-0.4, -0.2) is 49.1 Å². The molecule has 0 aliphatic heterocycles. The van der Waals surface area contributed by atoms with E-state index in [4.69, 9.17) is 14.2 Å². The Morgan fingerprint density at radius 2 is 1.80 bits per heavy atom. The molecule has 0 radical (unpaired) electrons. The zero-order chi connectivity index (χ0) is 25.0. The van der Waals surface area contributed by atoms with Gasteiger partial charge in [-0.3, -0.25) is 14.6 Å². The number of methoxy groups -OCH3 is 2. The molecule has 0 spiro atoms. The molecule has 0 aliphatic rings. The van der Waals surface area contributed by atoms with Gasteiger partial charge in [-0.1, -0.05) is 18.2 Å². The van der Waals surface area contributed by atoms with Crippen molar-refractivity contribution in [2.24, 2.45) is 0 Å². The van der Waals surface area contributed by atoms with Crippen molar-refractivity contribution in [3.8, 4) is 17.2 Å². The van der Waals surface area contributed by atoms with Crippen LogP contribution in [-0.2, 0) is 11.4 Å². The molecule has 3 rings (SSSR count). The molecule has 2 N–H and O–H groups in total. The molecule has 0 aliphatic carbocycles. The summed E-state index contributed by atoms with van der Waals surface area (Å²) in [6.45, 7) is 0.299. The largest absolute Gasteiger partial charge is 0.496 e. The molecule has 1 heterocycles. The summed E-state index contributed by atoms with van der Waals surface area (Å²) >= 11 is 1.60. The summed E-state index contributed by atoms with van der Waals surface area (Å²) in [5.41, 5.74) is 1.80. The minimum absolute atomic E-state index is 0.299. The van der Waals surface area contributed by atoms with Crippen molar-refractivity contribution in [2.45, 2.75) is 19.1 Å². The van der Waals surface area contributed by atoms with E-state index in [1.54, 1.807) is 73.7 Å². The summed E-state index contributed by atoms with van der Waals surface area (Å²) in [6, 6.07) is 15.0. The predicted octanol–water partition coefficient (Wildman–Crippen LogP) is 4.17. The van der Waals surface area contributed by atoms with Gasteiger partial charge in [0.15, 0.2) is 11.5 Å². The number of nitrogens with zero attached hydrogens (tertiary/aromatic N) is 1. The topological polar surface area (TPSA) is 98.8 Å². The number of hydrogen-bond donors (Lipinski definition) is 2. The second-order valence-electron chi connectivity index (χ2n) is 7.51. The van der Waals surface area contributed by atoms with Gasteiger partial charge in [0.2, 0.25) is 5.91 Å². The van der Waals surface area contributed by atoms with Crippen LogP contribution in [0.15, 0.2) is 67.0 Å². The van der Waals surface area contributed by atoms with Crippen LogP contribution in [0.1, 0.15) is 22.3 Å². The van der Waals surface area contributed by atoms with Gasteiger partial charge in [-0.15, -0.1) is 0 Å². The Hall–Kier alpha value is -3.72. The fourth-order valence-electron chi connectivity index (χ4n) is 3.31. The predicted molar refractivity (Wildman–Crippen MR) is 137 cm³/mol. The van der Waals surface area contributed by atoms with Crippen molar-refractivity contribution in [3.05, 3.63) is 78.1 Å². The first-order chi connectivity index (χ1) is 17.0. The van der Waals surface area contributed by atoms with Crippen molar-refractivity contribution in [2.75, 3.05) is 31.5 Å². The SMILES string of the molecule is COc1ccc(NC(=O)C(CCSC)NC(=O)c2ccccc2OC)cc1OCc1cccnc1. The number of carbonyl (C=O) groups is 2. The third-order valence-electron chi connectivity index (χ3n) is 5.13. The van der Waals surface area contributed by atoms with E-state index in [1.807, 2.05) is 18.4 Å². The highest BCUT2D eigenvalue weighted by Gasteiger charge is 2.23. The van der Waals surface area contributed by atoms with Gasteiger partial charge in [-0.25, -0.2) is 0 Å². The molecule has 35 heavy (non-hydrogen) atoms. The van der Waals surface area contributed by atoms with Crippen LogP contribution in [0.25, 0.3) is 0 Å². The Bertz CT molecular complexity index is 1130. The Morgan fingerprint density at radius 3 is 2.51 bits per heavy atom. The number of amides is 2. The third-order valence-corrected chi connectivity index (χ3v) is 5.78. The van der Waals surface area contributed by atoms with E-state index in [0.29, 0.717) is 47.3 Å². The van der Waals surface area contributed by atoms with E-state index in [9.17, 15) is 9.59 Å². The standard InChI is InChI=1S/C26H29N3O5S/c1-32-22-9-5-4-8-20(22)25(30)29-21(12-14-35-3)26(31)28-19-10-11-23(33-2)24(15-19)34-17-18-7-6-13-27-16-18/h4-11,13,15-16,21H,12,14,17H2,1-3H3,(H,28,31)(H,29,30). The zero-order valence-electron chi connectivity index (χ0n) is 19.9. The lowest BCUT2D eigenvalue weighted by Gasteiger charge is -2.19. The van der Waals surface area contributed by atoms with E-state index >= 15 is 0 Å². The summed E-state index contributed by atoms with van der Waals surface area (Å²) in [5, 5.41) is 5.72. The number of hydrogen-bond acceptors (Lipinski definition) is 7. The molecule has 8 nitrogen and oxygen atoms in total. The number of benzene rings is 2. The monoisotopic (exact) mass is 495 g/mol. The Labute approximate surface area is 209 Å². The Morgan fingerprint density at radius 1 is 1.00 bits per heavy atom. The Balaban J connectivity index is 1.73. The maximum atomic E-state index is 13.1. The van der Waals surface area contributed by atoms with Crippen LogP contribution in [0, 0.1) is 0 Å². The first-order valence-corrected chi connectivity index (χ1v) is 12.4. The molecule has 2 aromatic carbocycles. The third kappa shape index (κ3) is 7.38.